The van der Waals surface area contributed by atoms with Gasteiger partial charge in [-0.05, 0) is 50.6 Å². The quantitative estimate of drug-likeness (QED) is 0.694. The van der Waals surface area contributed by atoms with Crippen molar-refractivity contribution in [2.75, 3.05) is 31.6 Å². The number of anilines is 1. The van der Waals surface area contributed by atoms with Gasteiger partial charge < -0.3 is 19.4 Å². The van der Waals surface area contributed by atoms with Gasteiger partial charge in [0, 0.05) is 30.0 Å². The maximum atomic E-state index is 13.0. The van der Waals surface area contributed by atoms with E-state index in [1.54, 1.807) is 18.3 Å². The monoisotopic (exact) mass is 407 g/mol. The van der Waals surface area contributed by atoms with Gasteiger partial charge in [-0.1, -0.05) is 6.42 Å². The van der Waals surface area contributed by atoms with E-state index in [0.717, 1.165) is 54.8 Å². The second-order valence-corrected chi connectivity index (χ2v) is 7.76. The first kappa shape index (κ1) is 18.9. The van der Waals surface area contributed by atoms with Gasteiger partial charge in [-0.15, -0.1) is 0 Å². The van der Waals surface area contributed by atoms with E-state index < -0.39 is 0 Å². The molecule has 30 heavy (non-hydrogen) atoms. The first-order valence-electron chi connectivity index (χ1n) is 10.5. The molecule has 0 saturated carbocycles. The summed E-state index contributed by atoms with van der Waals surface area (Å²) in [5.74, 6) is 1.75. The van der Waals surface area contributed by atoms with Crippen LogP contribution in [-0.2, 0) is 0 Å². The molecule has 1 atom stereocenters. The van der Waals surface area contributed by atoms with Crippen LogP contribution in [0.1, 0.15) is 41.4 Å². The molecule has 0 spiro atoms. The van der Waals surface area contributed by atoms with Gasteiger partial charge >= 0.3 is 0 Å². The van der Waals surface area contributed by atoms with Crippen molar-refractivity contribution in [3.63, 3.8) is 0 Å². The van der Waals surface area contributed by atoms with E-state index >= 15 is 0 Å². The van der Waals surface area contributed by atoms with E-state index in [9.17, 15) is 4.79 Å². The molecule has 2 aliphatic heterocycles. The Morgan fingerprint density at radius 2 is 2.13 bits per heavy atom. The Morgan fingerprint density at radius 1 is 1.23 bits per heavy atom. The van der Waals surface area contributed by atoms with Gasteiger partial charge in [0.15, 0.2) is 11.5 Å². The van der Waals surface area contributed by atoms with Crippen molar-refractivity contribution in [2.45, 2.75) is 32.2 Å². The third-order valence-electron chi connectivity index (χ3n) is 5.63. The van der Waals surface area contributed by atoms with Crippen LogP contribution in [0, 0.1) is 6.92 Å². The van der Waals surface area contributed by atoms with Crippen molar-refractivity contribution in [1.29, 1.82) is 0 Å². The fourth-order valence-electron chi connectivity index (χ4n) is 4.21. The minimum atomic E-state index is -0.204. The van der Waals surface area contributed by atoms with Crippen LogP contribution in [0.3, 0.4) is 0 Å². The van der Waals surface area contributed by atoms with Crippen molar-refractivity contribution in [3.05, 3.63) is 41.7 Å². The number of aromatic nitrogens is 3. The summed E-state index contributed by atoms with van der Waals surface area (Å²) in [7, 11) is 0. The molecule has 5 rings (SSSR count). The number of pyridine rings is 1. The largest absolute Gasteiger partial charge is 0.486 e. The molecule has 1 aromatic carbocycles. The van der Waals surface area contributed by atoms with Crippen molar-refractivity contribution >= 4 is 22.9 Å². The standard InChI is InChI=1S/C22H25N5O3/c1-14-12-15(7-9-24-14)21(28)26-22-25-17-5-6-18-20(30-11-10-29-18)19(17)27(22)16-4-2-3-8-23-13-16/h5-7,9,12,16,23H,2-4,8,10-11,13H2,1H3,(H,25,26,28). The zero-order valence-corrected chi connectivity index (χ0v) is 17.0. The molecule has 1 saturated heterocycles. The van der Waals surface area contributed by atoms with Gasteiger partial charge in [-0.25, -0.2) is 4.98 Å². The second-order valence-electron chi connectivity index (χ2n) is 7.76. The molecular weight excluding hydrogens is 382 g/mol. The first-order valence-corrected chi connectivity index (χ1v) is 10.5. The maximum absolute atomic E-state index is 13.0. The number of benzene rings is 1. The fraction of sp³-hybridized carbons (Fsp3) is 0.409. The molecule has 2 N–H and O–H groups in total. The molecule has 1 unspecified atom stereocenters. The number of fused-ring (bicyclic) bond motifs is 3. The number of rotatable bonds is 3. The molecular formula is C22H25N5O3. The topological polar surface area (TPSA) is 90.3 Å². The predicted molar refractivity (Wildman–Crippen MR) is 113 cm³/mol. The number of hydrogen-bond acceptors (Lipinski definition) is 6. The highest BCUT2D eigenvalue weighted by molar-refractivity contribution is 6.04. The SMILES string of the molecule is Cc1cc(C(=O)Nc2nc3ccc4c(c3n2C2CCCCNC2)OCCO4)ccn1. The molecule has 1 amide bonds. The van der Waals surface area contributed by atoms with Gasteiger partial charge in [0.2, 0.25) is 5.95 Å². The number of imidazole rings is 1. The van der Waals surface area contributed by atoms with E-state index in [0.29, 0.717) is 30.5 Å². The zero-order chi connectivity index (χ0) is 20.5. The number of amides is 1. The lowest BCUT2D eigenvalue weighted by atomic mass is 10.1. The van der Waals surface area contributed by atoms with Gasteiger partial charge in [0.05, 0.1) is 5.52 Å². The molecule has 0 aliphatic carbocycles. The third kappa shape index (κ3) is 3.47. The molecule has 3 aromatic rings. The normalized spacial score (nSPS) is 18.8. The first-order chi connectivity index (χ1) is 14.7. The molecule has 1 fully saturated rings. The van der Waals surface area contributed by atoms with Crippen molar-refractivity contribution in [3.8, 4) is 11.5 Å². The Labute approximate surface area is 174 Å². The average Bonchev–Trinajstić information content (AvgIpc) is 2.93. The fourth-order valence-corrected chi connectivity index (χ4v) is 4.21. The van der Waals surface area contributed by atoms with Crippen molar-refractivity contribution in [2.24, 2.45) is 0 Å². The van der Waals surface area contributed by atoms with Crippen LogP contribution >= 0.6 is 0 Å². The van der Waals surface area contributed by atoms with Crippen LogP contribution in [0.25, 0.3) is 11.0 Å². The lowest BCUT2D eigenvalue weighted by Gasteiger charge is -2.24. The predicted octanol–water partition coefficient (Wildman–Crippen LogP) is 3.08. The Bertz CT molecular complexity index is 1090. The molecule has 8 heteroatoms. The van der Waals surface area contributed by atoms with Crippen LogP contribution in [0.5, 0.6) is 11.5 Å². The molecule has 8 nitrogen and oxygen atoms in total. The second kappa shape index (κ2) is 7.95. The lowest BCUT2D eigenvalue weighted by Crippen LogP contribution is -2.26. The van der Waals surface area contributed by atoms with Gasteiger partial charge in [-0.3, -0.25) is 15.1 Å². The number of nitrogens with zero attached hydrogens (tertiary/aromatic N) is 3. The highest BCUT2D eigenvalue weighted by Gasteiger charge is 2.27. The van der Waals surface area contributed by atoms with Crippen molar-refractivity contribution in [1.82, 2.24) is 19.9 Å². The average molecular weight is 407 g/mol. The molecule has 0 radical (unpaired) electrons. The number of carbonyl (C=O) groups excluding carboxylic acids is 1. The molecule has 156 valence electrons. The molecule has 4 heterocycles. The summed E-state index contributed by atoms with van der Waals surface area (Å²) in [4.78, 5) is 21.9. The number of ether oxygens (including phenoxy) is 2. The van der Waals surface area contributed by atoms with E-state index in [-0.39, 0.29) is 11.9 Å². The molecule has 0 bridgehead atoms. The van der Waals surface area contributed by atoms with Gasteiger partial charge in [-0.2, -0.15) is 0 Å². The van der Waals surface area contributed by atoms with E-state index in [2.05, 4.69) is 20.2 Å². The van der Waals surface area contributed by atoms with Gasteiger partial charge in [0.25, 0.3) is 5.91 Å². The van der Waals surface area contributed by atoms with Crippen LogP contribution in [0.2, 0.25) is 0 Å². The number of nitrogens with one attached hydrogen (secondary N) is 2. The summed E-state index contributed by atoms with van der Waals surface area (Å²) in [5.41, 5.74) is 3.01. The highest BCUT2D eigenvalue weighted by Crippen LogP contribution is 2.41. The number of carbonyl (C=O) groups is 1. The van der Waals surface area contributed by atoms with Gasteiger partial charge in [0.1, 0.15) is 18.7 Å². The minimum absolute atomic E-state index is 0.156. The smallest absolute Gasteiger partial charge is 0.258 e. The number of hydrogen-bond donors (Lipinski definition) is 2. The zero-order valence-electron chi connectivity index (χ0n) is 17.0. The van der Waals surface area contributed by atoms with E-state index in [1.807, 2.05) is 19.1 Å². The molecule has 2 aromatic heterocycles. The minimum Gasteiger partial charge on any atom is -0.486 e. The summed E-state index contributed by atoms with van der Waals surface area (Å²) >= 11 is 0. The van der Waals surface area contributed by atoms with Crippen LogP contribution in [-0.4, -0.2) is 46.7 Å². The summed E-state index contributed by atoms with van der Waals surface area (Å²) in [6, 6.07) is 7.45. The lowest BCUT2D eigenvalue weighted by molar-refractivity contribution is 0.102. The third-order valence-corrected chi connectivity index (χ3v) is 5.63. The summed E-state index contributed by atoms with van der Waals surface area (Å²) in [6.07, 6.45) is 4.89. The summed E-state index contributed by atoms with van der Waals surface area (Å²) in [6.45, 7) is 4.71. The molecule has 2 aliphatic rings. The van der Waals surface area contributed by atoms with Crippen LogP contribution in [0.4, 0.5) is 5.95 Å². The Kier molecular flexibility index (Phi) is 5.00. The maximum Gasteiger partial charge on any atom is 0.258 e. The highest BCUT2D eigenvalue weighted by atomic mass is 16.6. The Hall–Kier alpha value is -3.13. The van der Waals surface area contributed by atoms with Crippen molar-refractivity contribution < 1.29 is 14.3 Å². The Morgan fingerprint density at radius 3 is 3.03 bits per heavy atom. The van der Waals surface area contributed by atoms with E-state index in [4.69, 9.17) is 14.5 Å². The Balaban J connectivity index is 1.61. The summed E-state index contributed by atoms with van der Waals surface area (Å²) in [5, 5.41) is 6.54. The van der Waals surface area contributed by atoms with Crippen LogP contribution < -0.4 is 20.1 Å². The van der Waals surface area contributed by atoms with Crippen LogP contribution in [0.15, 0.2) is 30.5 Å². The number of aryl methyl sites for hydroxylation is 1. The summed E-state index contributed by atoms with van der Waals surface area (Å²) < 4.78 is 13.9. The van der Waals surface area contributed by atoms with E-state index in [1.165, 1.54) is 0 Å².